The average molecular weight is 260 g/mol. The minimum absolute atomic E-state index is 0.0566. The summed E-state index contributed by atoms with van der Waals surface area (Å²) in [6, 6.07) is 5.65. The Morgan fingerprint density at radius 1 is 1.47 bits per heavy atom. The van der Waals surface area contributed by atoms with Crippen LogP contribution in [0.15, 0.2) is 29.0 Å². The highest BCUT2D eigenvalue weighted by Gasteiger charge is 2.43. The lowest BCUT2D eigenvalue weighted by molar-refractivity contribution is -0.139. The molecule has 0 bridgehead atoms. The van der Waals surface area contributed by atoms with Gasteiger partial charge in [-0.1, -0.05) is 12.5 Å². The molecule has 5 heteroatoms. The second-order valence-electron chi connectivity index (χ2n) is 5.13. The van der Waals surface area contributed by atoms with Crippen LogP contribution in [0.2, 0.25) is 0 Å². The number of hydrogen-bond acceptors (Lipinski definition) is 4. The van der Waals surface area contributed by atoms with Crippen LogP contribution in [0.1, 0.15) is 24.8 Å². The minimum Gasteiger partial charge on any atom is -0.443 e. The molecule has 0 atom stereocenters. The molecule has 5 nitrogen and oxygen atoms in total. The predicted molar refractivity (Wildman–Crippen MR) is 69.2 cm³/mol. The molecule has 0 saturated heterocycles. The minimum atomic E-state index is -0.545. The Morgan fingerprint density at radius 3 is 3.00 bits per heavy atom. The first-order chi connectivity index (χ1) is 9.23. The van der Waals surface area contributed by atoms with Crippen molar-refractivity contribution in [2.75, 3.05) is 6.61 Å². The standard InChI is InChI=1S/C14H16N2O3/c17-8-14(4-1-5-14)13(18)15-7-10-2-3-11-12(6-10)19-9-16-11/h2-3,6,9,17H,1,4-5,7-8H2,(H,15,18). The van der Waals surface area contributed by atoms with Gasteiger partial charge in [-0.05, 0) is 30.5 Å². The molecule has 0 unspecified atom stereocenters. The first-order valence-corrected chi connectivity index (χ1v) is 6.45. The van der Waals surface area contributed by atoms with E-state index >= 15 is 0 Å². The summed E-state index contributed by atoms with van der Waals surface area (Å²) in [6.45, 7) is 0.372. The zero-order valence-corrected chi connectivity index (χ0v) is 10.6. The van der Waals surface area contributed by atoms with Gasteiger partial charge < -0.3 is 14.8 Å². The molecule has 1 aliphatic carbocycles. The summed E-state index contributed by atoms with van der Waals surface area (Å²) >= 11 is 0. The summed E-state index contributed by atoms with van der Waals surface area (Å²) in [6.07, 6.45) is 3.97. The number of nitrogens with one attached hydrogen (secondary N) is 1. The normalized spacial score (nSPS) is 17.1. The molecule has 100 valence electrons. The van der Waals surface area contributed by atoms with Gasteiger partial charge in [-0.25, -0.2) is 4.98 Å². The van der Waals surface area contributed by atoms with Crippen molar-refractivity contribution in [3.05, 3.63) is 30.2 Å². The number of hydrogen-bond donors (Lipinski definition) is 2. The smallest absolute Gasteiger partial charge is 0.228 e. The lowest BCUT2D eigenvalue weighted by Gasteiger charge is -2.38. The van der Waals surface area contributed by atoms with E-state index in [0.29, 0.717) is 12.1 Å². The van der Waals surface area contributed by atoms with Gasteiger partial charge in [-0.15, -0.1) is 0 Å². The van der Waals surface area contributed by atoms with Crippen LogP contribution >= 0.6 is 0 Å². The molecule has 1 heterocycles. The second-order valence-corrected chi connectivity index (χ2v) is 5.13. The van der Waals surface area contributed by atoms with Gasteiger partial charge in [-0.2, -0.15) is 0 Å². The van der Waals surface area contributed by atoms with Gasteiger partial charge in [0, 0.05) is 6.54 Å². The predicted octanol–water partition coefficient (Wildman–Crippen LogP) is 1.61. The van der Waals surface area contributed by atoms with Crippen LogP contribution in [0.3, 0.4) is 0 Å². The van der Waals surface area contributed by atoms with Crippen LogP contribution in [0, 0.1) is 5.41 Å². The quantitative estimate of drug-likeness (QED) is 0.875. The molecule has 0 radical (unpaired) electrons. The number of aliphatic hydroxyl groups is 1. The van der Waals surface area contributed by atoms with Crippen molar-refractivity contribution in [3.8, 4) is 0 Å². The molecule has 2 N–H and O–H groups in total. The van der Waals surface area contributed by atoms with Crippen LogP contribution in [0.25, 0.3) is 11.1 Å². The van der Waals surface area contributed by atoms with Crippen LogP contribution in [0.4, 0.5) is 0 Å². The number of oxazole rings is 1. The molecule has 1 aromatic heterocycles. The molecular formula is C14H16N2O3. The maximum Gasteiger partial charge on any atom is 0.228 e. The molecule has 1 fully saturated rings. The number of amides is 1. The molecule has 19 heavy (non-hydrogen) atoms. The molecule has 2 aromatic rings. The fraction of sp³-hybridized carbons (Fsp3) is 0.429. The maximum atomic E-state index is 12.1. The lowest BCUT2D eigenvalue weighted by atomic mass is 9.68. The number of aliphatic hydroxyl groups excluding tert-OH is 1. The van der Waals surface area contributed by atoms with Crippen LogP contribution in [-0.4, -0.2) is 22.6 Å². The number of rotatable bonds is 4. The molecule has 1 amide bonds. The molecular weight excluding hydrogens is 244 g/mol. The number of aromatic nitrogens is 1. The zero-order valence-electron chi connectivity index (χ0n) is 10.6. The van der Waals surface area contributed by atoms with Gasteiger partial charge in [0.2, 0.25) is 5.91 Å². The van der Waals surface area contributed by atoms with E-state index in [1.54, 1.807) is 0 Å². The van der Waals surface area contributed by atoms with E-state index in [2.05, 4.69) is 10.3 Å². The van der Waals surface area contributed by atoms with Crippen molar-refractivity contribution in [1.29, 1.82) is 0 Å². The SMILES string of the molecule is O=C(NCc1ccc2ncoc2c1)C1(CO)CCC1. The Kier molecular flexibility index (Phi) is 2.98. The summed E-state index contributed by atoms with van der Waals surface area (Å²) in [4.78, 5) is 16.1. The third kappa shape index (κ3) is 2.10. The Morgan fingerprint density at radius 2 is 2.32 bits per heavy atom. The average Bonchev–Trinajstić information content (AvgIpc) is 2.83. The zero-order chi connectivity index (χ0) is 13.3. The number of benzene rings is 1. The molecule has 1 saturated carbocycles. The lowest BCUT2D eigenvalue weighted by Crippen LogP contribution is -2.47. The highest BCUT2D eigenvalue weighted by atomic mass is 16.3. The molecule has 0 aliphatic heterocycles. The van der Waals surface area contributed by atoms with Crippen molar-refractivity contribution in [3.63, 3.8) is 0 Å². The van der Waals surface area contributed by atoms with E-state index in [1.807, 2.05) is 18.2 Å². The summed E-state index contributed by atoms with van der Waals surface area (Å²) in [5.41, 5.74) is 1.94. The van der Waals surface area contributed by atoms with Crippen molar-refractivity contribution >= 4 is 17.0 Å². The second kappa shape index (κ2) is 4.66. The maximum absolute atomic E-state index is 12.1. The molecule has 1 aliphatic rings. The third-order valence-corrected chi connectivity index (χ3v) is 3.94. The number of carbonyl (C=O) groups is 1. The van der Waals surface area contributed by atoms with Gasteiger partial charge in [0.25, 0.3) is 0 Å². The number of fused-ring (bicyclic) bond motifs is 1. The van der Waals surface area contributed by atoms with Gasteiger partial charge >= 0.3 is 0 Å². The summed E-state index contributed by atoms with van der Waals surface area (Å²) in [5, 5.41) is 12.2. The fourth-order valence-corrected chi connectivity index (χ4v) is 2.44. The van der Waals surface area contributed by atoms with E-state index in [9.17, 15) is 9.90 Å². The van der Waals surface area contributed by atoms with Crippen molar-refractivity contribution < 1.29 is 14.3 Å². The first kappa shape index (κ1) is 12.2. The van der Waals surface area contributed by atoms with Gasteiger partial charge in [0.1, 0.15) is 5.52 Å². The highest BCUT2D eigenvalue weighted by Crippen LogP contribution is 2.40. The van der Waals surface area contributed by atoms with Gasteiger partial charge in [0.05, 0.1) is 12.0 Å². The topological polar surface area (TPSA) is 75.4 Å². The monoisotopic (exact) mass is 260 g/mol. The fourth-order valence-electron chi connectivity index (χ4n) is 2.44. The molecule has 3 rings (SSSR count). The van der Waals surface area contributed by atoms with E-state index in [4.69, 9.17) is 4.42 Å². The first-order valence-electron chi connectivity index (χ1n) is 6.45. The Bertz CT molecular complexity index is 596. The van der Waals surface area contributed by atoms with Crippen molar-refractivity contribution in [2.45, 2.75) is 25.8 Å². The highest BCUT2D eigenvalue weighted by molar-refractivity contribution is 5.83. The van der Waals surface area contributed by atoms with E-state index in [0.717, 1.165) is 30.3 Å². The summed E-state index contributed by atoms with van der Waals surface area (Å²) in [5.74, 6) is -0.0566. The molecule has 0 spiro atoms. The summed E-state index contributed by atoms with van der Waals surface area (Å²) < 4.78 is 5.22. The van der Waals surface area contributed by atoms with Crippen LogP contribution in [-0.2, 0) is 11.3 Å². The van der Waals surface area contributed by atoms with E-state index < -0.39 is 5.41 Å². The Balaban J connectivity index is 1.66. The number of nitrogens with zero attached hydrogens (tertiary/aromatic N) is 1. The Hall–Kier alpha value is -1.88. The Labute approximate surface area is 110 Å². The van der Waals surface area contributed by atoms with Gasteiger partial charge in [-0.3, -0.25) is 4.79 Å². The van der Waals surface area contributed by atoms with Crippen molar-refractivity contribution in [2.24, 2.45) is 5.41 Å². The van der Waals surface area contributed by atoms with Crippen LogP contribution < -0.4 is 5.32 Å². The van der Waals surface area contributed by atoms with Crippen molar-refractivity contribution in [1.82, 2.24) is 10.3 Å². The van der Waals surface area contributed by atoms with Gasteiger partial charge in [0.15, 0.2) is 12.0 Å². The number of carbonyl (C=O) groups excluding carboxylic acids is 1. The molecule has 1 aromatic carbocycles. The van der Waals surface area contributed by atoms with E-state index in [1.165, 1.54) is 6.39 Å². The third-order valence-electron chi connectivity index (χ3n) is 3.94. The summed E-state index contributed by atoms with van der Waals surface area (Å²) in [7, 11) is 0. The van der Waals surface area contributed by atoms with E-state index in [-0.39, 0.29) is 12.5 Å². The largest absolute Gasteiger partial charge is 0.443 e. The van der Waals surface area contributed by atoms with Crippen LogP contribution in [0.5, 0.6) is 0 Å².